The zero-order valence-corrected chi connectivity index (χ0v) is 87.1. The maximum absolute atomic E-state index is 11.7. The third-order valence-electron chi connectivity index (χ3n) is 24.2. The Bertz CT molecular complexity index is 3290. The van der Waals surface area contributed by atoms with E-state index in [0.29, 0.717) is 196 Å². The Kier molecular flexibility index (Phi) is 70.6. The Labute approximate surface area is 817 Å². The minimum atomic E-state index is -0.488. The second-order valence-electron chi connectivity index (χ2n) is 37.2. The fourth-order valence-electron chi connectivity index (χ4n) is 10.8. The van der Waals surface area contributed by atoms with Gasteiger partial charge in [0.15, 0.2) is 0 Å². The van der Waals surface area contributed by atoms with Crippen LogP contribution < -0.4 is 21.3 Å². The summed E-state index contributed by atoms with van der Waals surface area (Å²) in [5.41, 5.74) is -1.87. The minimum Gasteiger partial charge on any atom is -0.499 e. The van der Waals surface area contributed by atoms with E-state index in [1.54, 1.807) is 0 Å². The number of unbranched alkanes of at least 4 members (excludes halogenated alkanes) is 1. The molecule has 7 atom stereocenters. The van der Waals surface area contributed by atoms with Gasteiger partial charge in [-0.25, -0.2) is 19.2 Å². The van der Waals surface area contributed by atoms with Crippen LogP contribution in [0.5, 0.6) is 0 Å². The monoisotopic (exact) mass is 1970 g/mol. The van der Waals surface area contributed by atoms with Crippen molar-refractivity contribution in [2.24, 2.45) is 61.6 Å². The van der Waals surface area contributed by atoms with Gasteiger partial charge in [-0.2, -0.15) is 0 Å². The van der Waals surface area contributed by atoms with Gasteiger partial charge in [0.25, 0.3) is 0 Å². The summed E-state index contributed by atoms with van der Waals surface area (Å²) in [5, 5.41) is 10.4. The summed E-state index contributed by atoms with van der Waals surface area (Å²) in [4.78, 5) is 127. The van der Waals surface area contributed by atoms with Crippen LogP contribution in [0.25, 0.3) is 0 Å². The molecule has 6 rings (SSSR count). The van der Waals surface area contributed by atoms with Crippen LogP contribution in [-0.4, -0.2) is 309 Å². The van der Waals surface area contributed by atoms with Gasteiger partial charge in [0, 0.05) is 19.7 Å². The zero-order valence-electron chi connectivity index (χ0n) is 87.1. The molecule has 4 amide bonds. The summed E-state index contributed by atoms with van der Waals surface area (Å²) in [6.07, 6.45) is 15.1. The first-order chi connectivity index (χ1) is 65.1. The van der Waals surface area contributed by atoms with E-state index in [4.69, 9.17) is 109 Å². The predicted molar refractivity (Wildman–Crippen MR) is 511 cm³/mol. The van der Waals surface area contributed by atoms with Crippen molar-refractivity contribution in [3.63, 3.8) is 0 Å². The largest absolute Gasteiger partial charge is 0.499 e. The van der Waals surface area contributed by atoms with Crippen molar-refractivity contribution in [2.75, 3.05) is 224 Å². The van der Waals surface area contributed by atoms with Gasteiger partial charge >= 0.3 is 66.2 Å². The summed E-state index contributed by atoms with van der Waals surface area (Å²) in [7, 11) is 0. The van der Waals surface area contributed by atoms with E-state index in [1.165, 1.54) is 12.5 Å². The Morgan fingerprint density at radius 1 is 0.350 bits per heavy atom. The number of hydrogen-bond donors (Lipinski definition) is 4. The summed E-state index contributed by atoms with van der Waals surface area (Å²) in [6, 6.07) is 0. The molecule has 0 radical (unpaired) electrons. The highest BCUT2D eigenvalue weighted by molar-refractivity contribution is 5.78. The average molecular weight is 1970 g/mol. The molecule has 1 saturated carbocycles. The van der Waals surface area contributed by atoms with Gasteiger partial charge in [0.1, 0.15) is 78.8 Å². The molecule has 4 N–H and O–H groups in total. The molecule has 6 fully saturated rings. The molecule has 7 unspecified atom stereocenters. The third kappa shape index (κ3) is 61.4. The van der Waals surface area contributed by atoms with Crippen molar-refractivity contribution < 1.29 is 162 Å². The van der Waals surface area contributed by atoms with Crippen molar-refractivity contribution in [1.29, 1.82) is 0 Å². The number of ether oxygens (including phenoxy) is 23. The van der Waals surface area contributed by atoms with Crippen LogP contribution in [0, 0.1) is 61.6 Å². The van der Waals surface area contributed by atoms with E-state index in [1.807, 2.05) is 125 Å². The SMILES string of the molecule is C=COCCOCCOC(=O)C(C)(C)CC.C=COCCOCCOC(=O)C(C)CC.CCC(C)(C)C(=O)OCCOCCNC(=O)OCC1CCC2OC2C1.CCC(C)C(=O)OCCCCOCC1CO1.CCC(C)C(=O)OCCNC(=O)OCC1(CC)COC1.CCC1(COC(=O)NCCOC(=O)C(C)(C)CC)COC1.CCC1(COC(=O)NCCOCCOC(=O)C(C)(C)CC)COC1. The van der Waals surface area contributed by atoms with Crippen LogP contribution in [0.2, 0.25) is 0 Å². The first-order valence-electron chi connectivity index (χ1n) is 49.3. The van der Waals surface area contributed by atoms with Crippen LogP contribution in [0.4, 0.5) is 19.2 Å². The number of carbonyl (C=O) groups is 11. The Hall–Kier alpha value is -7.95. The topological polar surface area (TPSA) is 455 Å². The Morgan fingerprint density at radius 3 is 0.964 bits per heavy atom. The highest BCUT2D eigenvalue weighted by Crippen LogP contribution is 2.40. The fraction of sp³-hybridized carbons (Fsp3) is 0.848. The number of rotatable bonds is 64. The normalized spacial score (nSPS) is 17.5. The smallest absolute Gasteiger partial charge is 0.407 e. The van der Waals surface area contributed by atoms with Crippen LogP contribution in [-0.2, 0) is 143 Å². The third-order valence-corrected chi connectivity index (χ3v) is 24.2. The van der Waals surface area contributed by atoms with E-state index in [0.717, 1.165) is 103 Å². The summed E-state index contributed by atoms with van der Waals surface area (Å²) in [5.74, 6) is -1.07. The van der Waals surface area contributed by atoms with Crippen LogP contribution >= 0.6 is 0 Å². The number of hydrogen-bond acceptors (Lipinski definition) is 34. The number of nitrogens with one attached hydrogen (secondary N) is 4. The summed E-state index contributed by atoms with van der Waals surface area (Å²) >= 11 is 0. The van der Waals surface area contributed by atoms with Gasteiger partial charge in [-0.3, -0.25) is 33.6 Å². The van der Waals surface area contributed by atoms with E-state index in [-0.39, 0.29) is 122 Å². The number of esters is 7. The van der Waals surface area contributed by atoms with E-state index < -0.39 is 46.0 Å². The minimum absolute atomic E-state index is 0.00994. The molecule has 0 aromatic carbocycles. The molecule has 0 bridgehead atoms. The lowest BCUT2D eigenvalue weighted by Crippen LogP contribution is -2.47. The van der Waals surface area contributed by atoms with Crippen molar-refractivity contribution >= 4 is 66.2 Å². The lowest BCUT2D eigenvalue weighted by Gasteiger charge is -2.39. The number of amides is 4. The maximum atomic E-state index is 11.7. The van der Waals surface area contributed by atoms with Crippen LogP contribution in [0.3, 0.4) is 0 Å². The summed E-state index contributed by atoms with van der Waals surface area (Å²) in [6.45, 7) is 61.8. The first-order valence-corrected chi connectivity index (χ1v) is 49.3. The molecule has 5 saturated heterocycles. The molecule has 137 heavy (non-hydrogen) atoms. The van der Waals surface area contributed by atoms with E-state index in [9.17, 15) is 52.7 Å². The predicted octanol–water partition coefficient (Wildman–Crippen LogP) is 13.9. The van der Waals surface area contributed by atoms with Gasteiger partial charge in [-0.1, -0.05) is 103 Å². The molecule has 38 nitrogen and oxygen atoms in total. The standard InChI is InChI=1S/C18H31NO6.C17H31NO6.C15H27NO5.C14H25NO5.2C12H22O4.C11H20O4/c1-4-18(2,3)16(20)23-10-9-22-8-7-19-17(21)24-12-13-5-6-14-15(11-13)25-14;1-5-16(3,4)14(19)23-10-9-21-8-7-18-15(20)24-13-17(6-2)11-22-12-17;1-5-14(3,4)12(17)20-8-7-16-13(18)21-11-15(6-2)9-19-10-15;1-4-11(3)12(16)19-7-6-15-13(17)20-10-14(5-2)8-18-9-14;1-3-10(2)12(13)15-7-5-4-6-14-8-11-9-16-11;1-5-12(3,4)11(13)16-10-9-15-8-7-14-6-2;1-4-10(3)11(12)15-9-8-14-7-6-13-5-2/h13-15H,4-12H2,1-3H3,(H,19,21);5-13H2,1-4H3,(H,18,20);5-11H2,1-4H3,(H,16,18);11H,4-10H2,1-3H3,(H,15,17);10-11H,3-9H2,1-2H3;6H,2,5,7-10H2,1,3-4H3;5,10H,2,4,6-9H2,1,3H3. The molecular formula is C99H178N4O34. The molecule has 0 spiro atoms. The van der Waals surface area contributed by atoms with E-state index in [2.05, 4.69) is 55.2 Å². The van der Waals surface area contributed by atoms with Crippen molar-refractivity contribution in [2.45, 2.75) is 260 Å². The molecule has 38 heteroatoms. The van der Waals surface area contributed by atoms with Gasteiger partial charge in [-0.05, 0) is 158 Å². The van der Waals surface area contributed by atoms with Gasteiger partial charge in [-0.15, -0.1) is 0 Å². The first kappa shape index (κ1) is 129. The molecule has 0 aromatic heterocycles. The average Bonchev–Trinajstić information content (AvgIpc) is 1.65. The van der Waals surface area contributed by atoms with Crippen molar-refractivity contribution in [3.8, 4) is 0 Å². The number of carbonyl (C=O) groups excluding carboxylic acids is 11. The van der Waals surface area contributed by atoms with Gasteiger partial charge < -0.3 is 130 Å². The fourth-order valence-corrected chi connectivity index (χ4v) is 10.8. The lowest BCUT2D eigenvalue weighted by atomic mass is 9.84. The van der Waals surface area contributed by atoms with Crippen LogP contribution in [0.15, 0.2) is 25.7 Å². The number of epoxide rings is 2. The highest BCUT2D eigenvalue weighted by atomic mass is 16.6. The number of alkyl carbamates (subject to hydrolysis) is 4. The Morgan fingerprint density at radius 2 is 0.650 bits per heavy atom. The van der Waals surface area contributed by atoms with Crippen molar-refractivity contribution in [3.05, 3.63) is 25.7 Å². The molecule has 5 heterocycles. The second kappa shape index (κ2) is 75.0. The molecule has 6 aliphatic rings. The number of fused-ring (bicyclic) bond motifs is 1. The lowest BCUT2D eigenvalue weighted by molar-refractivity contribution is -0.156. The zero-order chi connectivity index (χ0) is 103. The molecule has 5 aliphatic heterocycles. The maximum Gasteiger partial charge on any atom is 0.407 e. The molecule has 798 valence electrons. The Balaban J connectivity index is 0.00000159. The quantitative estimate of drug-likeness (QED) is 0.0144. The van der Waals surface area contributed by atoms with E-state index >= 15 is 0 Å². The van der Waals surface area contributed by atoms with Gasteiger partial charge in [0.2, 0.25) is 0 Å². The second-order valence-corrected chi connectivity index (χ2v) is 37.2. The molecular weight excluding hydrogens is 1790 g/mol. The van der Waals surface area contributed by atoms with Gasteiger partial charge in [0.05, 0.1) is 212 Å². The molecule has 1 aliphatic carbocycles. The van der Waals surface area contributed by atoms with Crippen molar-refractivity contribution in [1.82, 2.24) is 21.3 Å². The molecule has 0 aromatic rings. The van der Waals surface area contributed by atoms with Crippen LogP contribution in [0.1, 0.15) is 242 Å². The highest BCUT2D eigenvalue weighted by Gasteiger charge is 2.45. The summed E-state index contributed by atoms with van der Waals surface area (Å²) < 4.78 is 118.